The molecule has 4 heterocycles. The Balaban J connectivity index is 0.000000152. The zero-order valence-electron chi connectivity index (χ0n) is 63.1. The number of aryl methyl sites for hydroxylation is 4. The number of benzene rings is 8. The number of Topliss-reactive ketones (excluding diaryl/α,β-unsaturated/α-hetero) is 6. The second kappa shape index (κ2) is 40.4. The van der Waals surface area contributed by atoms with Crippen LogP contribution in [0.1, 0.15) is 147 Å². The summed E-state index contributed by atoms with van der Waals surface area (Å²) in [5, 5.41) is 144. The zero-order chi connectivity index (χ0) is 84.5. The molecule has 2 aromatic heterocycles. The number of hydrogen-bond acceptors (Lipinski definition) is 28. The van der Waals surface area contributed by atoms with E-state index in [0.717, 1.165) is 53.5 Å². The molecule has 10 aromatic rings. The molecule has 38 heteroatoms. The Morgan fingerprint density at radius 1 is 0.302 bits per heavy atom. The molecule has 588 valence electrons. The maximum absolute atomic E-state index is 11.9. The first-order valence-corrected chi connectivity index (χ1v) is 36.3. The largest absolute Gasteiger partial charge is 0.488 e. The monoisotopic (exact) mass is 1570 g/mol. The molecule has 8 aromatic carbocycles. The number of allylic oxidation sites excluding steroid dienone is 2. The highest BCUT2D eigenvalue weighted by atomic mass is 16.4. The highest BCUT2D eigenvalue weighted by Gasteiger charge is 2.26. The number of carbonyl (C=O) groups excluding carboxylic acids is 6. The molecule has 0 spiro atoms. The van der Waals surface area contributed by atoms with Crippen molar-refractivity contribution >= 4 is 193 Å². The second-order valence-corrected chi connectivity index (χ2v) is 27.2. The van der Waals surface area contributed by atoms with Crippen LogP contribution in [0.5, 0.6) is 0 Å². The Hall–Kier alpha value is -11.2. The molecule has 0 bridgehead atoms. The van der Waals surface area contributed by atoms with Crippen molar-refractivity contribution in [3.63, 3.8) is 0 Å². The van der Waals surface area contributed by atoms with Gasteiger partial charge in [-0.15, -0.1) is 0 Å². The summed E-state index contributed by atoms with van der Waals surface area (Å²) in [5.74, 6) is 1.52. The predicted molar refractivity (Wildman–Crippen MR) is 445 cm³/mol. The second-order valence-electron chi connectivity index (χ2n) is 27.2. The van der Waals surface area contributed by atoms with Crippen molar-refractivity contribution in [2.45, 2.75) is 78.1 Å². The molecule has 0 fully saturated rings. The number of nitrogens with zero attached hydrogens (tertiary/aromatic N) is 6. The van der Waals surface area contributed by atoms with Gasteiger partial charge < -0.3 is 80.4 Å². The van der Waals surface area contributed by atoms with Gasteiger partial charge >= 0.3 is 56.9 Å². The summed E-state index contributed by atoms with van der Waals surface area (Å²) >= 11 is 0. The number of carbonyl (C=O) groups is 6. The van der Waals surface area contributed by atoms with E-state index >= 15 is 0 Å². The van der Waals surface area contributed by atoms with Gasteiger partial charge in [-0.05, 0) is 154 Å². The molecule has 16 rings (SSSR count). The van der Waals surface area contributed by atoms with E-state index < -0.39 is 56.9 Å². The van der Waals surface area contributed by atoms with Crippen LogP contribution in [0.2, 0.25) is 0 Å². The summed E-state index contributed by atoms with van der Waals surface area (Å²) < 4.78 is 2.88. The molecule has 0 unspecified atom stereocenters. The SMILES string of the molecule is Cc1nc2cc(B(O)O)ccc2c(=O)n1C.Cc1nc2ccc(B(O)O)cc2c(=O)n1C.O=C1CC=Cc2cc(B(O)O)ccc21.O=C1CC=Cc2ccc(B(O)O)cc21.O=C1CC=Nc2cc(B(O)O)ccc21.O=C1CC=Nc2ccc(B(O)O)cc21.O=C1CCCc2cc(B(O)O)ccc21.O=C1CCCc2ccc(B(O)O)cc21. The average molecular weight is 1570 g/mol. The maximum Gasteiger partial charge on any atom is 0.488 e. The van der Waals surface area contributed by atoms with Gasteiger partial charge in [-0.25, -0.2) is 9.97 Å². The van der Waals surface area contributed by atoms with Gasteiger partial charge in [0.25, 0.3) is 11.1 Å². The fraction of sp³-hybridized carbons (Fsp3) is 0.179. The van der Waals surface area contributed by atoms with Gasteiger partial charge in [0.2, 0.25) is 0 Å². The standard InChI is InChI=1S/2C10H11BN2O3.C10H11BO3.C10H9BO3.C10H11BO3.C10H9BO3.2C9H8BNO3/c1-6-12-9-4-3-7(11(15)16)5-8(9)10(14)13(6)2;1-6-12-9-5-7(11(15)16)3-4-8(9)10(14)13(6)2;2*12-10-3-1-2-7-6-8(11(13)14)4-5-9(7)10;2*12-10-3-1-2-7-4-5-8(11(13)14)6-9(7)10;12-9-3-4-11-8-2-1-6(10(13)14)5-7(8)9;12-9-3-4-11-8-5-6(10(13)14)1-2-7(8)9/h2*3-5,15-16H,1-2H3;4-6,13-14H,1-3H2;1-2,4-6,13-14H,3H2;4-6,13-14H,1-3H2;1-2,4-6,13-14H,3H2;2*1-2,4-5,13-14H,3H2. The highest BCUT2D eigenvalue weighted by Crippen LogP contribution is 2.26. The van der Waals surface area contributed by atoms with E-state index in [2.05, 4.69) is 20.0 Å². The molecular weight excluding hydrogens is 1490 g/mol. The van der Waals surface area contributed by atoms with Crippen LogP contribution in [-0.2, 0) is 26.9 Å². The first kappa shape index (κ1) is 88.7. The van der Waals surface area contributed by atoms with Gasteiger partial charge in [0.1, 0.15) is 11.6 Å². The van der Waals surface area contributed by atoms with Crippen LogP contribution in [0, 0.1) is 13.8 Å². The van der Waals surface area contributed by atoms with E-state index in [-0.39, 0.29) is 57.7 Å². The number of aliphatic imine (C=N–C) groups is 2. The smallest absolute Gasteiger partial charge is 0.423 e. The molecule has 16 N–H and O–H groups in total. The van der Waals surface area contributed by atoms with E-state index in [0.29, 0.717) is 143 Å². The normalized spacial score (nSPS) is 13.4. The first-order valence-electron chi connectivity index (χ1n) is 36.3. The van der Waals surface area contributed by atoms with E-state index in [4.69, 9.17) is 80.4 Å². The van der Waals surface area contributed by atoms with Gasteiger partial charge in [0.05, 0.1) is 33.2 Å². The molecule has 0 amide bonds. The topological polar surface area (TPSA) is 521 Å². The van der Waals surface area contributed by atoms with Crippen molar-refractivity contribution in [1.82, 2.24) is 19.1 Å². The summed E-state index contributed by atoms with van der Waals surface area (Å²) in [6.45, 7) is 3.47. The summed E-state index contributed by atoms with van der Waals surface area (Å²) in [6, 6.07) is 38.1. The highest BCUT2D eigenvalue weighted by molar-refractivity contribution is 6.61. The van der Waals surface area contributed by atoms with E-state index in [9.17, 15) is 38.4 Å². The van der Waals surface area contributed by atoms with E-state index in [1.165, 1.54) is 57.8 Å². The Morgan fingerprint density at radius 3 is 1.28 bits per heavy atom. The maximum atomic E-state index is 11.9. The molecular formula is C78H78B8N6O24. The van der Waals surface area contributed by atoms with Crippen LogP contribution in [0.15, 0.2) is 177 Å². The van der Waals surface area contributed by atoms with Crippen molar-refractivity contribution < 1.29 is 109 Å². The third-order valence-electron chi connectivity index (χ3n) is 19.2. The molecule has 116 heavy (non-hydrogen) atoms. The van der Waals surface area contributed by atoms with Crippen molar-refractivity contribution in [3.8, 4) is 0 Å². The lowest BCUT2D eigenvalue weighted by molar-refractivity contribution is 0.0964. The number of rotatable bonds is 8. The third kappa shape index (κ3) is 22.6. The van der Waals surface area contributed by atoms with Crippen LogP contribution in [0.4, 0.5) is 11.4 Å². The fourth-order valence-electron chi connectivity index (χ4n) is 12.6. The summed E-state index contributed by atoms with van der Waals surface area (Å²) in [5.41, 5.74) is 11.8. The zero-order valence-corrected chi connectivity index (χ0v) is 63.1. The van der Waals surface area contributed by atoms with Crippen molar-refractivity contribution in [2.75, 3.05) is 0 Å². The Labute approximate surface area is 666 Å². The Kier molecular flexibility index (Phi) is 30.9. The minimum Gasteiger partial charge on any atom is -0.423 e. The van der Waals surface area contributed by atoms with E-state index in [1.807, 2.05) is 12.2 Å². The fourth-order valence-corrected chi connectivity index (χ4v) is 12.6. The minimum absolute atomic E-state index is 0.00831. The number of aromatic nitrogens is 4. The molecule has 30 nitrogen and oxygen atoms in total. The van der Waals surface area contributed by atoms with E-state index in [1.54, 1.807) is 149 Å². The van der Waals surface area contributed by atoms with Gasteiger partial charge in [0.15, 0.2) is 34.7 Å². The average Bonchev–Trinajstić information content (AvgIpc) is 0.784. The summed E-state index contributed by atoms with van der Waals surface area (Å²) in [7, 11) is -8.83. The Bertz CT molecular complexity index is 5490. The quantitative estimate of drug-likeness (QED) is 0.0668. The van der Waals surface area contributed by atoms with Crippen molar-refractivity contribution in [2.24, 2.45) is 24.1 Å². The van der Waals surface area contributed by atoms with Crippen molar-refractivity contribution in [1.29, 1.82) is 0 Å². The number of fused-ring (bicyclic) bond motifs is 8. The number of ketones is 6. The van der Waals surface area contributed by atoms with Crippen molar-refractivity contribution in [3.05, 3.63) is 246 Å². The molecule has 0 radical (unpaired) electrons. The van der Waals surface area contributed by atoms with Crippen LogP contribution in [0.25, 0.3) is 34.0 Å². The number of hydrogen-bond donors (Lipinski definition) is 16. The lowest BCUT2D eigenvalue weighted by Gasteiger charge is -2.15. The first-order chi connectivity index (χ1) is 55.1. The lowest BCUT2D eigenvalue weighted by Crippen LogP contribution is -2.31. The molecule has 2 aliphatic heterocycles. The third-order valence-corrected chi connectivity index (χ3v) is 19.2. The lowest BCUT2D eigenvalue weighted by atomic mass is 9.77. The molecule has 0 atom stereocenters. The van der Waals surface area contributed by atoms with Gasteiger partial charge in [-0.3, -0.25) is 57.5 Å². The van der Waals surface area contributed by atoms with Crippen LogP contribution in [0.3, 0.4) is 0 Å². The molecule has 0 saturated heterocycles. The van der Waals surface area contributed by atoms with Gasteiger partial charge in [-0.1, -0.05) is 121 Å². The van der Waals surface area contributed by atoms with Crippen LogP contribution < -0.4 is 54.8 Å². The summed E-state index contributed by atoms with van der Waals surface area (Å²) in [6.07, 6.45) is 16.4. The minimum atomic E-state index is -1.57. The Morgan fingerprint density at radius 2 is 0.698 bits per heavy atom. The van der Waals surface area contributed by atoms with Crippen LogP contribution >= 0.6 is 0 Å². The summed E-state index contributed by atoms with van der Waals surface area (Å²) in [4.78, 5) is 109. The van der Waals surface area contributed by atoms with Gasteiger partial charge in [-0.2, -0.15) is 0 Å². The molecule has 0 saturated carbocycles. The molecule has 6 aliphatic rings. The van der Waals surface area contributed by atoms with Gasteiger partial charge in [0, 0.05) is 98.4 Å². The predicted octanol–water partition coefficient (Wildman–Crippen LogP) is -3.14. The molecule has 4 aliphatic carbocycles. The van der Waals surface area contributed by atoms with Crippen LogP contribution in [-0.4, -0.2) is 204 Å².